The van der Waals surface area contributed by atoms with Gasteiger partial charge in [0.15, 0.2) is 0 Å². The lowest BCUT2D eigenvalue weighted by molar-refractivity contribution is 0.146. The van der Waals surface area contributed by atoms with Crippen LogP contribution < -0.4 is 5.32 Å². The lowest BCUT2D eigenvalue weighted by Gasteiger charge is -2.12. The molecule has 1 aromatic carbocycles. The zero-order valence-electron chi connectivity index (χ0n) is 7.12. The second-order valence-electron chi connectivity index (χ2n) is 3.24. The summed E-state index contributed by atoms with van der Waals surface area (Å²) in [5.74, 6) is 0. The number of hydrogen-bond donors (Lipinski definition) is 2. The van der Waals surface area contributed by atoms with Gasteiger partial charge < -0.3 is 10.4 Å². The van der Waals surface area contributed by atoms with Gasteiger partial charge in [0.2, 0.25) is 0 Å². The molecule has 0 saturated heterocycles. The molecule has 2 nitrogen and oxygen atoms in total. The Labute approximate surface area is 72.2 Å². The van der Waals surface area contributed by atoms with E-state index in [1.807, 2.05) is 25.2 Å². The van der Waals surface area contributed by atoms with Gasteiger partial charge in [-0.05, 0) is 24.6 Å². The summed E-state index contributed by atoms with van der Waals surface area (Å²) in [5, 5.41) is 12.9. The molecule has 2 heteroatoms. The van der Waals surface area contributed by atoms with Gasteiger partial charge >= 0.3 is 0 Å². The molecule has 0 radical (unpaired) electrons. The van der Waals surface area contributed by atoms with Crippen LogP contribution in [0.1, 0.15) is 17.2 Å². The first kappa shape index (κ1) is 7.77. The number of nitrogens with one attached hydrogen (secondary N) is 1. The Kier molecular flexibility index (Phi) is 1.87. The Hall–Kier alpha value is -0.860. The van der Waals surface area contributed by atoms with Crippen LogP contribution in [0.4, 0.5) is 0 Å². The second kappa shape index (κ2) is 2.88. The fraction of sp³-hybridized carbons (Fsp3) is 0.400. The number of fused-ring (bicyclic) bond motifs is 1. The molecule has 0 aliphatic heterocycles. The van der Waals surface area contributed by atoms with Crippen LogP contribution in [0.2, 0.25) is 0 Å². The predicted octanol–water partition coefficient (Wildman–Crippen LogP) is 0.864. The number of likely N-dealkylation sites (N-methyl/N-ethyl adjacent to an activating group) is 1. The number of aliphatic hydroxyl groups is 1. The molecular formula is C10H13NO. The van der Waals surface area contributed by atoms with E-state index in [1.165, 1.54) is 5.56 Å². The maximum atomic E-state index is 9.78. The molecule has 0 heterocycles. The van der Waals surface area contributed by atoms with Gasteiger partial charge in [0.1, 0.15) is 0 Å². The van der Waals surface area contributed by atoms with E-state index in [2.05, 4.69) is 11.4 Å². The van der Waals surface area contributed by atoms with E-state index in [1.54, 1.807) is 0 Å². The Balaban J connectivity index is 2.35. The van der Waals surface area contributed by atoms with Gasteiger partial charge in [-0.3, -0.25) is 0 Å². The van der Waals surface area contributed by atoms with Gasteiger partial charge in [0.25, 0.3) is 0 Å². The van der Waals surface area contributed by atoms with E-state index in [0.717, 1.165) is 12.0 Å². The fourth-order valence-electron chi connectivity index (χ4n) is 1.83. The highest BCUT2D eigenvalue weighted by Crippen LogP contribution is 2.30. The zero-order valence-corrected chi connectivity index (χ0v) is 7.12. The highest BCUT2D eigenvalue weighted by molar-refractivity contribution is 5.35. The van der Waals surface area contributed by atoms with Crippen LogP contribution in [0, 0.1) is 0 Å². The Bertz CT molecular complexity index is 285. The van der Waals surface area contributed by atoms with Crippen LogP contribution in [-0.2, 0) is 6.42 Å². The number of hydrogen-bond acceptors (Lipinski definition) is 2. The first-order valence-electron chi connectivity index (χ1n) is 4.26. The summed E-state index contributed by atoms with van der Waals surface area (Å²) in [5.41, 5.74) is 2.35. The van der Waals surface area contributed by atoms with E-state index in [9.17, 15) is 5.11 Å². The normalized spacial score (nSPS) is 27.2. The van der Waals surface area contributed by atoms with Crippen molar-refractivity contribution in [1.29, 1.82) is 0 Å². The lowest BCUT2D eigenvalue weighted by atomic mass is 10.1. The summed E-state index contributed by atoms with van der Waals surface area (Å²) in [4.78, 5) is 0. The van der Waals surface area contributed by atoms with Crippen molar-refractivity contribution < 1.29 is 5.11 Å². The summed E-state index contributed by atoms with van der Waals surface area (Å²) >= 11 is 0. The summed E-state index contributed by atoms with van der Waals surface area (Å²) < 4.78 is 0. The van der Waals surface area contributed by atoms with Crippen LogP contribution in [0.25, 0.3) is 0 Å². The zero-order chi connectivity index (χ0) is 8.55. The summed E-state index contributed by atoms with van der Waals surface area (Å²) in [6, 6.07) is 8.26. The Morgan fingerprint density at radius 1 is 1.42 bits per heavy atom. The molecule has 1 aliphatic carbocycles. The smallest absolute Gasteiger partial charge is 0.0948 e. The molecule has 0 saturated carbocycles. The van der Waals surface area contributed by atoms with Gasteiger partial charge in [-0.1, -0.05) is 24.3 Å². The van der Waals surface area contributed by atoms with Crippen LogP contribution in [0.15, 0.2) is 24.3 Å². The van der Waals surface area contributed by atoms with Crippen molar-refractivity contribution in [2.75, 3.05) is 7.05 Å². The third-order valence-electron chi connectivity index (χ3n) is 2.57. The molecule has 0 aromatic heterocycles. The lowest BCUT2D eigenvalue weighted by Crippen LogP contribution is -2.29. The van der Waals surface area contributed by atoms with Gasteiger partial charge in [0, 0.05) is 6.04 Å². The summed E-state index contributed by atoms with van der Waals surface area (Å²) in [6.07, 6.45) is 0.611. The van der Waals surface area contributed by atoms with Gasteiger partial charge in [0.05, 0.1) is 6.10 Å². The molecule has 2 N–H and O–H groups in total. The molecular weight excluding hydrogens is 150 g/mol. The molecule has 1 aliphatic rings. The summed E-state index contributed by atoms with van der Waals surface area (Å²) in [6.45, 7) is 0. The topological polar surface area (TPSA) is 32.3 Å². The molecule has 0 bridgehead atoms. The number of benzene rings is 1. The predicted molar refractivity (Wildman–Crippen MR) is 48.0 cm³/mol. The van der Waals surface area contributed by atoms with E-state index < -0.39 is 0 Å². The first-order chi connectivity index (χ1) is 5.83. The third-order valence-corrected chi connectivity index (χ3v) is 2.57. The standard InChI is InChI=1S/C10H13NO/c1-11-9-6-7-4-2-3-5-8(7)10(9)12/h2-5,9-12H,6H2,1H3/t9-,10+/m1/s1. The van der Waals surface area contributed by atoms with E-state index in [-0.39, 0.29) is 12.1 Å². The van der Waals surface area contributed by atoms with Crippen molar-refractivity contribution in [3.8, 4) is 0 Å². The molecule has 64 valence electrons. The maximum Gasteiger partial charge on any atom is 0.0948 e. The largest absolute Gasteiger partial charge is 0.387 e. The third kappa shape index (κ3) is 1.04. The number of rotatable bonds is 1. The molecule has 0 amide bonds. The van der Waals surface area contributed by atoms with Crippen LogP contribution in [0.3, 0.4) is 0 Å². The quantitative estimate of drug-likeness (QED) is 0.643. The number of aliphatic hydroxyl groups excluding tert-OH is 1. The van der Waals surface area contributed by atoms with Gasteiger partial charge in [-0.25, -0.2) is 0 Å². The highest BCUT2D eigenvalue weighted by Gasteiger charge is 2.28. The highest BCUT2D eigenvalue weighted by atomic mass is 16.3. The minimum absolute atomic E-state index is 0.197. The van der Waals surface area contributed by atoms with Crippen LogP contribution in [-0.4, -0.2) is 18.2 Å². The van der Waals surface area contributed by atoms with Gasteiger partial charge in [-0.15, -0.1) is 0 Å². The molecule has 0 spiro atoms. The molecule has 12 heavy (non-hydrogen) atoms. The van der Waals surface area contributed by atoms with Crippen molar-refractivity contribution in [3.05, 3.63) is 35.4 Å². The van der Waals surface area contributed by atoms with Crippen molar-refractivity contribution in [3.63, 3.8) is 0 Å². The summed E-state index contributed by atoms with van der Waals surface area (Å²) in [7, 11) is 1.89. The van der Waals surface area contributed by atoms with Crippen LogP contribution in [0.5, 0.6) is 0 Å². The SMILES string of the molecule is CN[C@@H]1Cc2ccccc2[C@@H]1O. The van der Waals surface area contributed by atoms with E-state index >= 15 is 0 Å². The maximum absolute atomic E-state index is 9.78. The Morgan fingerprint density at radius 2 is 2.17 bits per heavy atom. The van der Waals surface area contributed by atoms with Crippen molar-refractivity contribution in [1.82, 2.24) is 5.32 Å². The molecule has 1 aromatic rings. The minimum Gasteiger partial charge on any atom is -0.387 e. The van der Waals surface area contributed by atoms with Gasteiger partial charge in [-0.2, -0.15) is 0 Å². The first-order valence-corrected chi connectivity index (χ1v) is 4.26. The fourth-order valence-corrected chi connectivity index (χ4v) is 1.83. The minimum atomic E-state index is -0.328. The molecule has 0 unspecified atom stereocenters. The monoisotopic (exact) mass is 163 g/mol. The Morgan fingerprint density at radius 3 is 2.83 bits per heavy atom. The van der Waals surface area contributed by atoms with Crippen molar-refractivity contribution in [2.24, 2.45) is 0 Å². The molecule has 0 fully saturated rings. The van der Waals surface area contributed by atoms with Crippen molar-refractivity contribution >= 4 is 0 Å². The molecule has 2 rings (SSSR count). The second-order valence-corrected chi connectivity index (χ2v) is 3.24. The van der Waals surface area contributed by atoms with Crippen LogP contribution >= 0.6 is 0 Å². The van der Waals surface area contributed by atoms with E-state index in [0.29, 0.717) is 0 Å². The van der Waals surface area contributed by atoms with Crippen molar-refractivity contribution in [2.45, 2.75) is 18.6 Å². The average molecular weight is 163 g/mol. The molecule has 2 atom stereocenters. The van der Waals surface area contributed by atoms with E-state index in [4.69, 9.17) is 0 Å². The average Bonchev–Trinajstić information content (AvgIpc) is 2.44.